The third-order valence-electron chi connectivity index (χ3n) is 2.18. The predicted molar refractivity (Wildman–Crippen MR) is 65.5 cm³/mol. The van der Waals surface area contributed by atoms with Crippen molar-refractivity contribution in [1.82, 2.24) is 4.31 Å². The summed E-state index contributed by atoms with van der Waals surface area (Å²) in [5.41, 5.74) is 0. The number of carboxylic acid groups (broad SMARTS) is 1. The molecule has 0 heterocycles. The fraction of sp³-hybridized carbons (Fsp3) is 0.300. The molecule has 1 aromatic carbocycles. The Kier molecular flexibility index (Phi) is 4.55. The average molecular weight is 294 g/mol. The van der Waals surface area contributed by atoms with Gasteiger partial charge in [0, 0.05) is 13.1 Å². The topological polar surface area (TPSA) is 83.9 Å². The van der Waals surface area contributed by atoms with Gasteiger partial charge in [-0.1, -0.05) is 11.6 Å². The number of hydrogen-bond acceptors (Lipinski definition) is 4. The molecule has 0 unspecified atom stereocenters. The van der Waals surface area contributed by atoms with Crippen LogP contribution in [0.5, 0.6) is 5.75 Å². The summed E-state index contributed by atoms with van der Waals surface area (Å²) in [6.07, 6.45) is 0. The smallest absolute Gasteiger partial charge is 0.318 e. The second kappa shape index (κ2) is 5.55. The third-order valence-corrected chi connectivity index (χ3v) is 4.47. The number of methoxy groups -OCH3 is 1. The van der Waals surface area contributed by atoms with E-state index < -0.39 is 22.5 Å². The van der Waals surface area contributed by atoms with Gasteiger partial charge in [0.15, 0.2) is 0 Å². The van der Waals surface area contributed by atoms with Crippen molar-refractivity contribution in [1.29, 1.82) is 0 Å². The number of nitrogens with zero attached hydrogens (tertiary/aromatic N) is 1. The lowest BCUT2D eigenvalue weighted by Gasteiger charge is -2.16. The molecule has 0 radical (unpaired) electrons. The summed E-state index contributed by atoms with van der Waals surface area (Å²) in [7, 11) is -1.40. The second-order valence-corrected chi connectivity index (χ2v) is 5.87. The minimum atomic E-state index is -3.96. The van der Waals surface area contributed by atoms with E-state index >= 15 is 0 Å². The Morgan fingerprint density at radius 2 is 2.11 bits per heavy atom. The maximum absolute atomic E-state index is 12.1. The normalized spacial score (nSPS) is 11.6. The van der Waals surface area contributed by atoms with Gasteiger partial charge in [0.2, 0.25) is 10.0 Å². The SMILES string of the molecule is COc1ccc(Cl)c(S(=O)(=O)N(C)CC(=O)O)c1. The molecule has 6 nitrogen and oxygen atoms in total. The molecule has 0 aliphatic carbocycles. The van der Waals surface area contributed by atoms with E-state index in [4.69, 9.17) is 21.4 Å². The second-order valence-electron chi connectivity index (χ2n) is 3.45. The van der Waals surface area contributed by atoms with Crippen molar-refractivity contribution in [3.8, 4) is 5.75 Å². The molecule has 0 aliphatic rings. The van der Waals surface area contributed by atoms with Crippen LogP contribution in [-0.4, -0.2) is 44.5 Å². The van der Waals surface area contributed by atoms with E-state index in [1.807, 2.05) is 0 Å². The monoisotopic (exact) mass is 293 g/mol. The van der Waals surface area contributed by atoms with Crippen LogP contribution in [0.4, 0.5) is 0 Å². The fourth-order valence-corrected chi connectivity index (χ4v) is 2.86. The lowest BCUT2D eigenvalue weighted by molar-refractivity contribution is -0.137. The number of sulfonamides is 1. The van der Waals surface area contributed by atoms with Crippen LogP contribution in [0.15, 0.2) is 23.1 Å². The summed E-state index contributed by atoms with van der Waals surface area (Å²) in [6, 6.07) is 4.14. The molecule has 0 saturated carbocycles. The highest BCUT2D eigenvalue weighted by atomic mass is 35.5. The third kappa shape index (κ3) is 3.12. The molecule has 1 rings (SSSR count). The predicted octanol–water partition coefficient (Wildman–Crippen LogP) is 1.05. The molecule has 0 aliphatic heterocycles. The van der Waals surface area contributed by atoms with E-state index in [-0.39, 0.29) is 9.92 Å². The summed E-state index contributed by atoms with van der Waals surface area (Å²) in [5.74, 6) is -0.929. The summed E-state index contributed by atoms with van der Waals surface area (Å²) >= 11 is 5.81. The Labute approximate surface area is 110 Å². The molecule has 0 amide bonds. The molecule has 0 saturated heterocycles. The molecular formula is C10H12ClNO5S. The number of aliphatic carboxylic acids is 1. The Balaban J connectivity index is 3.23. The number of carbonyl (C=O) groups is 1. The molecule has 0 atom stereocenters. The Morgan fingerprint density at radius 3 is 2.61 bits per heavy atom. The highest BCUT2D eigenvalue weighted by molar-refractivity contribution is 7.89. The van der Waals surface area contributed by atoms with Crippen molar-refractivity contribution >= 4 is 27.6 Å². The van der Waals surface area contributed by atoms with Gasteiger partial charge in [-0.15, -0.1) is 0 Å². The summed E-state index contributed by atoms with van der Waals surface area (Å²) in [4.78, 5) is 10.3. The van der Waals surface area contributed by atoms with E-state index in [0.717, 1.165) is 0 Å². The lowest BCUT2D eigenvalue weighted by Crippen LogP contribution is -2.32. The number of carboxylic acids is 1. The molecule has 1 N–H and O–H groups in total. The van der Waals surface area contributed by atoms with Crippen LogP contribution < -0.4 is 4.74 Å². The van der Waals surface area contributed by atoms with Gasteiger partial charge in [0.1, 0.15) is 17.2 Å². The molecule has 100 valence electrons. The zero-order chi connectivity index (χ0) is 13.9. The molecule has 8 heteroatoms. The van der Waals surface area contributed by atoms with E-state index in [2.05, 4.69) is 0 Å². The standard InChI is InChI=1S/C10H12ClNO5S/c1-12(6-10(13)14)18(15,16)9-5-7(17-2)3-4-8(9)11/h3-5H,6H2,1-2H3,(H,13,14). The van der Waals surface area contributed by atoms with Gasteiger partial charge in [-0.05, 0) is 12.1 Å². The summed E-state index contributed by atoms with van der Waals surface area (Å²) in [5, 5.41) is 8.61. The van der Waals surface area contributed by atoms with Crippen LogP contribution >= 0.6 is 11.6 Å². The minimum Gasteiger partial charge on any atom is -0.497 e. The van der Waals surface area contributed by atoms with E-state index in [1.165, 1.54) is 32.4 Å². The van der Waals surface area contributed by atoms with Gasteiger partial charge in [-0.3, -0.25) is 4.79 Å². The van der Waals surface area contributed by atoms with Gasteiger partial charge in [0.25, 0.3) is 0 Å². The Morgan fingerprint density at radius 1 is 1.50 bits per heavy atom. The molecule has 0 fully saturated rings. The van der Waals surface area contributed by atoms with Crippen LogP contribution in [0.2, 0.25) is 5.02 Å². The largest absolute Gasteiger partial charge is 0.497 e. The van der Waals surface area contributed by atoms with Crippen molar-refractivity contribution in [2.24, 2.45) is 0 Å². The number of likely N-dealkylation sites (N-methyl/N-ethyl adjacent to an activating group) is 1. The first kappa shape index (κ1) is 14.7. The Bertz CT molecular complexity index is 557. The first-order valence-corrected chi connectivity index (χ1v) is 6.62. The lowest BCUT2D eigenvalue weighted by atomic mass is 10.3. The van der Waals surface area contributed by atoms with Gasteiger partial charge in [-0.25, -0.2) is 8.42 Å². The van der Waals surface area contributed by atoms with Crippen molar-refractivity contribution in [3.63, 3.8) is 0 Å². The molecular weight excluding hydrogens is 282 g/mol. The zero-order valence-electron chi connectivity index (χ0n) is 9.75. The molecule has 0 spiro atoms. The summed E-state index contributed by atoms with van der Waals surface area (Å²) < 4.78 is 29.8. The van der Waals surface area contributed by atoms with E-state index in [1.54, 1.807) is 0 Å². The van der Waals surface area contributed by atoms with Gasteiger partial charge >= 0.3 is 5.97 Å². The average Bonchev–Trinajstić information content (AvgIpc) is 2.28. The highest BCUT2D eigenvalue weighted by Gasteiger charge is 2.25. The van der Waals surface area contributed by atoms with E-state index in [9.17, 15) is 13.2 Å². The van der Waals surface area contributed by atoms with Crippen LogP contribution in [-0.2, 0) is 14.8 Å². The number of halogens is 1. The molecule has 18 heavy (non-hydrogen) atoms. The number of ether oxygens (including phenoxy) is 1. The van der Waals surface area contributed by atoms with Crippen LogP contribution in [0.3, 0.4) is 0 Å². The minimum absolute atomic E-state index is 0.00744. The fourth-order valence-electron chi connectivity index (χ4n) is 1.25. The van der Waals surface area contributed by atoms with Crippen molar-refractivity contribution in [3.05, 3.63) is 23.2 Å². The molecule has 0 aromatic heterocycles. The maximum atomic E-state index is 12.1. The summed E-state index contributed by atoms with van der Waals surface area (Å²) in [6.45, 7) is -0.643. The number of benzene rings is 1. The van der Waals surface area contributed by atoms with Gasteiger partial charge in [-0.2, -0.15) is 4.31 Å². The van der Waals surface area contributed by atoms with Crippen LogP contribution in [0.1, 0.15) is 0 Å². The zero-order valence-corrected chi connectivity index (χ0v) is 11.3. The number of hydrogen-bond donors (Lipinski definition) is 1. The molecule has 1 aromatic rings. The first-order valence-electron chi connectivity index (χ1n) is 4.80. The van der Waals surface area contributed by atoms with Crippen molar-refractivity contribution in [2.45, 2.75) is 4.90 Å². The van der Waals surface area contributed by atoms with E-state index in [0.29, 0.717) is 10.1 Å². The quantitative estimate of drug-likeness (QED) is 0.877. The number of rotatable bonds is 5. The Hall–Kier alpha value is -1.31. The first-order chi connectivity index (χ1) is 8.28. The van der Waals surface area contributed by atoms with Crippen LogP contribution in [0.25, 0.3) is 0 Å². The van der Waals surface area contributed by atoms with Crippen molar-refractivity contribution in [2.75, 3.05) is 20.7 Å². The highest BCUT2D eigenvalue weighted by Crippen LogP contribution is 2.27. The van der Waals surface area contributed by atoms with Gasteiger partial charge in [0.05, 0.1) is 12.1 Å². The van der Waals surface area contributed by atoms with Crippen molar-refractivity contribution < 1.29 is 23.1 Å². The van der Waals surface area contributed by atoms with Crippen LogP contribution in [0, 0.1) is 0 Å². The maximum Gasteiger partial charge on any atom is 0.318 e. The van der Waals surface area contributed by atoms with Gasteiger partial charge < -0.3 is 9.84 Å². The molecule has 0 bridgehead atoms.